The number of halogens is 3. The number of fused-ring (bicyclic) bond motifs is 1. The molecule has 4 heterocycles. The Labute approximate surface area is 170 Å². The van der Waals surface area contributed by atoms with E-state index in [2.05, 4.69) is 15.2 Å². The maximum atomic E-state index is 13.8. The van der Waals surface area contributed by atoms with E-state index in [1.54, 1.807) is 42.7 Å². The van der Waals surface area contributed by atoms with Crippen LogP contribution in [0.2, 0.25) is 0 Å². The van der Waals surface area contributed by atoms with Crippen LogP contribution in [0.1, 0.15) is 66.0 Å². The molecule has 30 heavy (non-hydrogen) atoms. The van der Waals surface area contributed by atoms with Gasteiger partial charge in [-0.3, -0.25) is 9.48 Å². The van der Waals surface area contributed by atoms with Crippen molar-refractivity contribution in [2.45, 2.75) is 44.7 Å². The molecule has 1 fully saturated rings. The minimum atomic E-state index is -4.54. The van der Waals surface area contributed by atoms with Crippen LogP contribution in [0, 0.1) is 0 Å². The summed E-state index contributed by atoms with van der Waals surface area (Å²) in [6.45, 7) is 4.38. The van der Waals surface area contributed by atoms with Crippen LogP contribution >= 0.6 is 0 Å². The van der Waals surface area contributed by atoms with E-state index in [-0.39, 0.29) is 34.5 Å². The maximum Gasteiger partial charge on any atom is 0.417 e. The SMILES string of the molecule is CC(C)c1cc(C(F)(F)F)c2c(C3CCN(C(=O)c4ccn(C)n4)CC3)noc2n1. The molecule has 1 aliphatic heterocycles. The lowest BCUT2D eigenvalue weighted by atomic mass is 9.90. The molecule has 1 saturated heterocycles. The number of rotatable bonds is 3. The molecule has 1 amide bonds. The summed E-state index contributed by atoms with van der Waals surface area (Å²) < 4.78 is 48.1. The number of amides is 1. The molecule has 0 aliphatic carbocycles. The van der Waals surface area contributed by atoms with Gasteiger partial charge in [0.05, 0.1) is 16.6 Å². The van der Waals surface area contributed by atoms with Crippen LogP contribution in [0.3, 0.4) is 0 Å². The molecule has 0 unspecified atom stereocenters. The summed E-state index contributed by atoms with van der Waals surface area (Å²) in [4.78, 5) is 18.5. The molecular weight excluding hydrogens is 399 g/mol. The van der Waals surface area contributed by atoms with Crippen LogP contribution in [-0.4, -0.2) is 43.8 Å². The molecule has 3 aromatic heterocycles. The van der Waals surface area contributed by atoms with Gasteiger partial charge in [0.2, 0.25) is 0 Å². The summed E-state index contributed by atoms with van der Waals surface area (Å²) in [6.07, 6.45) is -1.87. The molecule has 160 valence electrons. The second-order valence-electron chi connectivity index (χ2n) is 7.94. The number of piperidine rings is 1. The van der Waals surface area contributed by atoms with Crippen LogP contribution in [0.4, 0.5) is 13.2 Å². The number of likely N-dealkylation sites (tertiary alicyclic amines) is 1. The molecule has 0 bridgehead atoms. The lowest BCUT2D eigenvalue weighted by Crippen LogP contribution is -2.38. The number of carbonyl (C=O) groups is 1. The first kappa shape index (κ1) is 20.4. The summed E-state index contributed by atoms with van der Waals surface area (Å²) in [5.74, 6) is -0.602. The van der Waals surface area contributed by atoms with Crippen molar-refractivity contribution in [1.29, 1.82) is 0 Å². The Morgan fingerprint density at radius 2 is 1.97 bits per heavy atom. The van der Waals surface area contributed by atoms with Gasteiger partial charge in [-0.25, -0.2) is 4.98 Å². The third kappa shape index (κ3) is 3.66. The Balaban J connectivity index is 1.61. The van der Waals surface area contributed by atoms with Crippen molar-refractivity contribution < 1.29 is 22.5 Å². The van der Waals surface area contributed by atoms with E-state index in [9.17, 15) is 18.0 Å². The maximum absolute atomic E-state index is 13.8. The Morgan fingerprint density at radius 1 is 1.27 bits per heavy atom. The molecule has 7 nitrogen and oxygen atoms in total. The Morgan fingerprint density at radius 3 is 2.53 bits per heavy atom. The molecule has 0 spiro atoms. The van der Waals surface area contributed by atoms with E-state index in [1.165, 1.54) is 0 Å². The van der Waals surface area contributed by atoms with Gasteiger partial charge in [-0.05, 0) is 30.9 Å². The molecule has 0 saturated carbocycles. The highest BCUT2D eigenvalue weighted by Gasteiger charge is 2.38. The zero-order chi connectivity index (χ0) is 21.6. The minimum absolute atomic E-state index is 0.0681. The van der Waals surface area contributed by atoms with E-state index in [1.807, 2.05) is 0 Å². The summed E-state index contributed by atoms with van der Waals surface area (Å²) in [5.41, 5.74) is 0.0842. The number of hydrogen-bond donors (Lipinski definition) is 0. The van der Waals surface area contributed by atoms with Gasteiger partial charge >= 0.3 is 6.18 Å². The number of carbonyl (C=O) groups excluding carboxylic acids is 1. The van der Waals surface area contributed by atoms with Crippen molar-refractivity contribution in [1.82, 2.24) is 24.8 Å². The fourth-order valence-electron chi connectivity index (χ4n) is 3.84. The van der Waals surface area contributed by atoms with Crippen LogP contribution in [0.5, 0.6) is 0 Å². The molecule has 0 N–H and O–H groups in total. The predicted molar refractivity (Wildman–Crippen MR) is 102 cm³/mol. The fraction of sp³-hybridized carbons (Fsp3) is 0.500. The number of aryl methyl sites for hydroxylation is 1. The highest BCUT2D eigenvalue weighted by atomic mass is 19.4. The van der Waals surface area contributed by atoms with Gasteiger partial charge in [0.1, 0.15) is 5.69 Å². The van der Waals surface area contributed by atoms with Crippen LogP contribution in [-0.2, 0) is 13.2 Å². The summed E-state index contributed by atoms with van der Waals surface area (Å²) in [5, 5.41) is 8.02. The number of alkyl halides is 3. The first-order chi connectivity index (χ1) is 14.1. The topological polar surface area (TPSA) is 77.0 Å². The van der Waals surface area contributed by atoms with Crippen LogP contribution in [0.25, 0.3) is 11.1 Å². The lowest BCUT2D eigenvalue weighted by Gasteiger charge is -2.30. The molecule has 4 rings (SSSR count). The molecular formula is C20H22F3N5O2. The number of pyridine rings is 1. The quantitative estimate of drug-likeness (QED) is 0.636. The van der Waals surface area contributed by atoms with Crippen molar-refractivity contribution in [3.8, 4) is 0 Å². The van der Waals surface area contributed by atoms with Gasteiger partial charge in [-0.15, -0.1) is 0 Å². The average molecular weight is 421 g/mol. The lowest BCUT2D eigenvalue weighted by molar-refractivity contribution is -0.136. The Hall–Kier alpha value is -2.91. The first-order valence-corrected chi connectivity index (χ1v) is 9.81. The third-order valence-corrected chi connectivity index (χ3v) is 5.49. The standard InChI is InChI=1S/C20H22F3N5O2/c1-11(2)15-10-13(20(21,22)23)16-17(26-30-18(16)24-15)12-4-8-28(9-5-12)19(29)14-6-7-27(3)25-14/h6-7,10-12H,4-5,8-9H2,1-3H3. The van der Waals surface area contributed by atoms with Gasteiger partial charge in [0.25, 0.3) is 11.6 Å². The highest BCUT2D eigenvalue weighted by Crippen LogP contribution is 2.41. The number of aromatic nitrogens is 4. The summed E-state index contributed by atoms with van der Waals surface area (Å²) >= 11 is 0. The van der Waals surface area contributed by atoms with Gasteiger partial charge in [-0.2, -0.15) is 18.3 Å². The zero-order valence-electron chi connectivity index (χ0n) is 16.9. The second kappa shape index (κ2) is 7.41. The molecule has 3 aromatic rings. The summed E-state index contributed by atoms with van der Waals surface area (Å²) in [7, 11) is 1.73. The van der Waals surface area contributed by atoms with E-state index in [0.29, 0.717) is 37.3 Å². The second-order valence-corrected chi connectivity index (χ2v) is 7.94. The molecule has 0 atom stereocenters. The first-order valence-electron chi connectivity index (χ1n) is 9.81. The fourth-order valence-corrected chi connectivity index (χ4v) is 3.84. The van der Waals surface area contributed by atoms with Crippen LogP contribution < -0.4 is 0 Å². The number of hydrogen-bond acceptors (Lipinski definition) is 5. The van der Waals surface area contributed by atoms with E-state index < -0.39 is 11.7 Å². The molecule has 0 aromatic carbocycles. The smallest absolute Gasteiger partial charge is 0.337 e. The molecule has 0 radical (unpaired) electrons. The Bertz CT molecular complexity index is 1080. The minimum Gasteiger partial charge on any atom is -0.337 e. The summed E-state index contributed by atoms with van der Waals surface area (Å²) in [6, 6.07) is 2.74. The average Bonchev–Trinajstić information content (AvgIpc) is 3.32. The van der Waals surface area contributed by atoms with Gasteiger partial charge in [0.15, 0.2) is 0 Å². The van der Waals surface area contributed by atoms with E-state index in [0.717, 1.165) is 6.07 Å². The zero-order valence-corrected chi connectivity index (χ0v) is 16.9. The molecule has 1 aliphatic rings. The van der Waals surface area contributed by atoms with Crippen molar-refractivity contribution in [3.05, 3.63) is 41.0 Å². The van der Waals surface area contributed by atoms with Crippen molar-refractivity contribution >= 4 is 17.0 Å². The van der Waals surface area contributed by atoms with Crippen molar-refractivity contribution in [3.63, 3.8) is 0 Å². The largest absolute Gasteiger partial charge is 0.417 e. The Kier molecular flexibility index (Phi) is 5.03. The van der Waals surface area contributed by atoms with E-state index in [4.69, 9.17) is 4.52 Å². The number of nitrogens with zero attached hydrogens (tertiary/aromatic N) is 5. The third-order valence-electron chi connectivity index (χ3n) is 5.49. The van der Waals surface area contributed by atoms with Gasteiger partial charge in [0, 0.05) is 37.9 Å². The normalized spacial score (nSPS) is 16.0. The van der Waals surface area contributed by atoms with Crippen LogP contribution in [0.15, 0.2) is 22.9 Å². The predicted octanol–water partition coefficient (Wildman–Crippen LogP) is 4.12. The van der Waals surface area contributed by atoms with Crippen molar-refractivity contribution in [2.24, 2.45) is 7.05 Å². The van der Waals surface area contributed by atoms with Gasteiger partial charge < -0.3 is 9.42 Å². The highest BCUT2D eigenvalue weighted by molar-refractivity contribution is 5.92. The molecule has 10 heteroatoms. The van der Waals surface area contributed by atoms with Gasteiger partial charge in [-0.1, -0.05) is 19.0 Å². The van der Waals surface area contributed by atoms with Crippen molar-refractivity contribution in [2.75, 3.05) is 13.1 Å². The monoisotopic (exact) mass is 421 g/mol. The van der Waals surface area contributed by atoms with E-state index >= 15 is 0 Å².